The molecule has 3 heterocycles. The van der Waals surface area contributed by atoms with Crippen molar-refractivity contribution in [3.05, 3.63) is 35.4 Å². The molecule has 0 aliphatic carbocycles. The molecule has 1 aliphatic heterocycles. The van der Waals surface area contributed by atoms with Gasteiger partial charge >= 0.3 is 0 Å². The first-order chi connectivity index (χ1) is 10.6. The molecule has 0 aromatic carbocycles. The summed E-state index contributed by atoms with van der Waals surface area (Å²) < 4.78 is 5.15. The Morgan fingerprint density at radius 2 is 2.23 bits per heavy atom. The van der Waals surface area contributed by atoms with Crippen LogP contribution in [0.5, 0.6) is 0 Å². The van der Waals surface area contributed by atoms with E-state index in [2.05, 4.69) is 20.3 Å². The Morgan fingerprint density at radius 1 is 1.41 bits per heavy atom. The predicted molar refractivity (Wildman–Crippen MR) is 80.6 cm³/mol. The Morgan fingerprint density at radius 3 is 2.91 bits per heavy atom. The van der Waals surface area contributed by atoms with Gasteiger partial charge in [0.15, 0.2) is 12.1 Å². The Hall–Kier alpha value is -2.44. The van der Waals surface area contributed by atoms with E-state index < -0.39 is 0 Å². The van der Waals surface area contributed by atoms with Crippen LogP contribution in [-0.2, 0) is 0 Å². The topological polar surface area (TPSA) is 84.2 Å². The maximum Gasteiger partial charge on any atom is 0.276 e. The average Bonchev–Trinajstić information content (AvgIpc) is 3.14. The molecule has 0 radical (unpaired) electrons. The number of carbonyl (C=O) groups excluding carboxylic acids is 1. The van der Waals surface area contributed by atoms with Gasteiger partial charge in [-0.2, -0.15) is 0 Å². The molecule has 1 N–H and O–H groups in total. The fourth-order valence-corrected chi connectivity index (χ4v) is 2.85. The number of likely N-dealkylation sites (tertiary alicyclic amines) is 1. The fraction of sp³-hybridized carbons (Fsp3) is 0.467. The summed E-state index contributed by atoms with van der Waals surface area (Å²) in [6.07, 6.45) is 3.15. The first-order valence-electron chi connectivity index (χ1n) is 7.34. The molecule has 1 amide bonds. The molecule has 1 fully saturated rings. The van der Waals surface area contributed by atoms with Gasteiger partial charge in [0.25, 0.3) is 5.91 Å². The van der Waals surface area contributed by atoms with Gasteiger partial charge in [-0.15, -0.1) is 0 Å². The number of anilines is 1. The summed E-state index contributed by atoms with van der Waals surface area (Å²) >= 11 is 0. The summed E-state index contributed by atoms with van der Waals surface area (Å²) in [6.45, 7) is 4.31. The lowest BCUT2D eigenvalue weighted by Crippen LogP contribution is -2.31. The minimum Gasteiger partial charge on any atom is -0.448 e. The van der Waals surface area contributed by atoms with Crippen LogP contribution < -0.4 is 5.32 Å². The summed E-state index contributed by atoms with van der Waals surface area (Å²) in [5.41, 5.74) is 1.25. The Bertz CT molecular complexity index is 697. The number of amides is 1. The van der Waals surface area contributed by atoms with E-state index in [9.17, 15) is 4.79 Å². The highest BCUT2D eigenvalue weighted by molar-refractivity contribution is 5.93. The molecule has 3 rings (SSSR count). The summed E-state index contributed by atoms with van der Waals surface area (Å²) in [5.74, 6) is 1.90. The van der Waals surface area contributed by atoms with Gasteiger partial charge in [0.05, 0.1) is 11.7 Å². The highest BCUT2D eigenvalue weighted by Crippen LogP contribution is 2.33. The van der Waals surface area contributed by atoms with Crippen LogP contribution in [0, 0.1) is 13.8 Å². The second-order valence-electron chi connectivity index (χ2n) is 5.39. The molecule has 0 saturated carbocycles. The molecular formula is C15H19N5O2. The number of aromatic nitrogens is 3. The number of carbonyl (C=O) groups is 1. The zero-order valence-corrected chi connectivity index (χ0v) is 13.0. The van der Waals surface area contributed by atoms with E-state index in [1.807, 2.05) is 24.9 Å². The van der Waals surface area contributed by atoms with E-state index >= 15 is 0 Å². The average molecular weight is 301 g/mol. The van der Waals surface area contributed by atoms with Gasteiger partial charge in [0.1, 0.15) is 17.4 Å². The summed E-state index contributed by atoms with van der Waals surface area (Å²) in [4.78, 5) is 27.4. The molecule has 116 valence electrons. The smallest absolute Gasteiger partial charge is 0.276 e. The number of nitrogens with one attached hydrogen (secondary N) is 1. The highest BCUT2D eigenvalue weighted by atomic mass is 16.3. The van der Waals surface area contributed by atoms with Crippen molar-refractivity contribution in [2.24, 2.45) is 0 Å². The van der Waals surface area contributed by atoms with Crippen molar-refractivity contribution in [1.82, 2.24) is 19.9 Å². The summed E-state index contributed by atoms with van der Waals surface area (Å²) in [6, 6.07) is 1.86. The Balaban J connectivity index is 1.92. The molecule has 2 aromatic heterocycles. The molecule has 0 spiro atoms. The number of rotatable bonds is 3. The minimum absolute atomic E-state index is 0.0441. The monoisotopic (exact) mass is 301 g/mol. The summed E-state index contributed by atoms with van der Waals surface area (Å²) in [5, 5.41) is 3.03. The van der Waals surface area contributed by atoms with Crippen LogP contribution >= 0.6 is 0 Å². The van der Waals surface area contributed by atoms with Crippen molar-refractivity contribution in [1.29, 1.82) is 0 Å². The maximum atomic E-state index is 12.7. The zero-order valence-electron chi connectivity index (χ0n) is 13.0. The van der Waals surface area contributed by atoms with Gasteiger partial charge in [-0.25, -0.2) is 15.0 Å². The van der Waals surface area contributed by atoms with Crippen LogP contribution in [0.2, 0.25) is 0 Å². The zero-order chi connectivity index (χ0) is 15.7. The molecule has 2 aromatic rings. The summed E-state index contributed by atoms with van der Waals surface area (Å²) in [7, 11) is 1.82. The number of aryl methyl sites for hydroxylation is 2. The van der Waals surface area contributed by atoms with Crippen molar-refractivity contribution >= 4 is 11.7 Å². The van der Waals surface area contributed by atoms with E-state index in [4.69, 9.17) is 4.42 Å². The van der Waals surface area contributed by atoms with E-state index in [0.29, 0.717) is 23.8 Å². The second-order valence-corrected chi connectivity index (χ2v) is 5.39. The molecule has 0 bridgehead atoms. The SMILES string of the molecule is CNc1cc(C2CCCN2C(=O)c2ncoc2C)nc(C)n1. The van der Waals surface area contributed by atoms with Crippen LogP contribution in [-0.4, -0.2) is 39.4 Å². The third-order valence-corrected chi connectivity index (χ3v) is 3.92. The van der Waals surface area contributed by atoms with Gasteiger partial charge in [0.2, 0.25) is 0 Å². The molecule has 7 nitrogen and oxygen atoms in total. The fourth-order valence-electron chi connectivity index (χ4n) is 2.85. The molecule has 1 saturated heterocycles. The van der Waals surface area contributed by atoms with E-state index in [-0.39, 0.29) is 11.9 Å². The lowest BCUT2D eigenvalue weighted by atomic mass is 10.1. The van der Waals surface area contributed by atoms with Gasteiger partial charge < -0.3 is 14.6 Å². The van der Waals surface area contributed by atoms with E-state index in [1.54, 1.807) is 6.92 Å². The van der Waals surface area contributed by atoms with E-state index in [1.165, 1.54) is 6.39 Å². The number of hydrogen-bond acceptors (Lipinski definition) is 6. The quantitative estimate of drug-likeness (QED) is 0.934. The van der Waals surface area contributed by atoms with Gasteiger partial charge in [-0.1, -0.05) is 0 Å². The minimum atomic E-state index is -0.101. The van der Waals surface area contributed by atoms with Crippen molar-refractivity contribution < 1.29 is 9.21 Å². The molecule has 22 heavy (non-hydrogen) atoms. The third-order valence-electron chi connectivity index (χ3n) is 3.92. The molecule has 1 aliphatic rings. The maximum absolute atomic E-state index is 12.7. The Kier molecular flexibility index (Phi) is 3.79. The molecule has 1 unspecified atom stereocenters. The van der Waals surface area contributed by atoms with Crippen LogP contribution in [0.15, 0.2) is 16.9 Å². The Labute approximate surface area is 128 Å². The van der Waals surface area contributed by atoms with Gasteiger partial charge in [-0.05, 0) is 26.7 Å². The molecule has 7 heteroatoms. The van der Waals surface area contributed by atoms with Crippen molar-refractivity contribution in [3.63, 3.8) is 0 Å². The van der Waals surface area contributed by atoms with Crippen LogP contribution in [0.4, 0.5) is 5.82 Å². The molecular weight excluding hydrogens is 282 g/mol. The van der Waals surface area contributed by atoms with Crippen molar-refractivity contribution in [3.8, 4) is 0 Å². The normalized spacial score (nSPS) is 17.8. The number of nitrogens with zero attached hydrogens (tertiary/aromatic N) is 4. The van der Waals surface area contributed by atoms with Crippen LogP contribution in [0.25, 0.3) is 0 Å². The largest absolute Gasteiger partial charge is 0.448 e. The highest BCUT2D eigenvalue weighted by Gasteiger charge is 2.33. The second kappa shape index (κ2) is 5.75. The first kappa shape index (κ1) is 14.5. The van der Waals surface area contributed by atoms with Gasteiger partial charge in [-0.3, -0.25) is 4.79 Å². The third kappa shape index (κ3) is 2.54. The van der Waals surface area contributed by atoms with Crippen molar-refractivity contribution in [2.75, 3.05) is 18.9 Å². The molecule has 1 atom stereocenters. The first-order valence-corrected chi connectivity index (χ1v) is 7.34. The lowest BCUT2D eigenvalue weighted by molar-refractivity contribution is 0.0725. The van der Waals surface area contributed by atoms with Crippen molar-refractivity contribution in [2.45, 2.75) is 32.7 Å². The van der Waals surface area contributed by atoms with E-state index in [0.717, 1.165) is 24.4 Å². The van der Waals surface area contributed by atoms with Crippen LogP contribution in [0.1, 0.15) is 46.7 Å². The van der Waals surface area contributed by atoms with Crippen LogP contribution in [0.3, 0.4) is 0 Å². The number of hydrogen-bond donors (Lipinski definition) is 1. The standard InChI is InChI=1S/C15H19N5O2/c1-9-14(17-8-22-9)15(21)20-6-4-5-12(20)11-7-13(16-3)19-10(2)18-11/h7-8,12H,4-6H2,1-3H3,(H,16,18,19). The number of oxazole rings is 1. The predicted octanol–water partition coefficient (Wildman–Crippen LogP) is 2.10. The lowest BCUT2D eigenvalue weighted by Gasteiger charge is -2.24. The van der Waals surface area contributed by atoms with Gasteiger partial charge in [0, 0.05) is 19.7 Å².